The lowest BCUT2D eigenvalue weighted by atomic mass is 9.83. The van der Waals surface area contributed by atoms with Crippen LogP contribution < -0.4 is 4.74 Å². The van der Waals surface area contributed by atoms with E-state index in [1.54, 1.807) is 23.7 Å². The van der Waals surface area contributed by atoms with Crippen LogP contribution in [0.4, 0.5) is 0 Å². The normalized spacial score (nSPS) is 21.0. The topological polar surface area (TPSA) is 63.0 Å². The molecular formula is C39H40ClNO5S. The summed E-state index contributed by atoms with van der Waals surface area (Å²) < 4.78 is 32.4. The Morgan fingerprint density at radius 3 is 2.28 bits per heavy atom. The Balaban J connectivity index is 1.37. The molecule has 0 unspecified atom stereocenters. The zero-order valence-electron chi connectivity index (χ0n) is 26.7. The molecule has 1 aliphatic heterocycles. The molecule has 244 valence electrons. The van der Waals surface area contributed by atoms with Crippen molar-refractivity contribution in [3.05, 3.63) is 142 Å². The lowest BCUT2D eigenvalue weighted by molar-refractivity contribution is -0.235. The number of thiazole rings is 1. The summed E-state index contributed by atoms with van der Waals surface area (Å²) >= 11 is 8.52. The smallest absolute Gasteiger partial charge is 0.145 e. The van der Waals surface area contributed by atoms with Gasteiger partial charge in [0.1, 0.15) is 30.3 Å². The number of benzene rings is 3. The number of hydrogen-bond acceptors (Lipinski definition) is 7. The van der Waals surface area contributed by atoms with Crippen LogP contribution in [0.25, 0.3) is 10.6 Å². The van der Waals surface area contributed by atoms with E-state index in [-0.39, 0.29) is 18.1 Å². The summed E-state index contributed by atoms with van der Waals surface area (Å²) in [6, 6.07) is 28.2. The van der Waals surface area contributed by atoms with Crippen LogP contribution in [0.5, 0.6) is 5.75 Å². The minimum Gasteiger partial charge on any atom is -0.489 e. The van der Waals surface area contributed by atoms with Gasteiger partial charge in [0.15, 0.2) is 0 Å². The lowest BCUT2D eigenvalue weighted by Crippen LogP contribution is -2.51. The molecule has 2 aromatic heterocycles. The molecule has 5 aromatic rings. The summed E-state index contributed by atoms with van der Waals surface area (Å²) in [7, 11) is 0. The molecule has 1 fully saturated rings. The number of rotatable bonds is 14. The van der Waals surface area contributed by atoms with Crippen LogP contribution in [0.15, 0.2) is 114 Å². The number of halogens is 1. The molecule has 5 atom stereocenters. The van der Waals surface area contributed by atoms with Crippen molar-refractivity contribution >= 4 is 22.9 Å². The lowest BCUT2D eigenvalue weighted by Gasteiger charge is -2.46. The van der Waals surface area contributed by atoms with Gasteiger partial charge in [-0.1, -0.05) is 98.8 Å². The van der Waals surface area contributed by atoms with Gasteiger partial charge >= 0.3 is 0 Å². The van der Waals surface area contributed by atoms with E-state index >= 15 is 0 Å². The summed E-state index contributed by atoms with van der Waals surface area (Å²) in [4.78, 5) is 5.65. The van der Waals surface area contributed by atoms with Crippen LogP contribution in [-0.4, -0.2) is 29.9 Å². The number of furan rings is 1. The molecule has 6 nitrogen and oxygen atoms in total. The first kappa shape index (κ1) is 33.2. The average Bonchev–Trinajstić information content (AvgIpc) is 3.81. The predicted octanol–water partition coefficient (Wildman–Crippen LogP) is 9.87. The molecule has 1 saturated heterocycles. The molecule has 47 heavy (non-hydrogen) atoms. The van der Waals surface area contributed by atoms with Crippen molar-refractivity contribution < 1.29 is 23.4 Å². The van der Waals surface area contributed by atoms with Gasteiger partial charge in [0.05, 0.1) is 41.6 Å². The van der Waals surface area contributed by atoms with E-state index in [9.17, 15) is 0 Å². The summed E-state index contributed by atoms with van der Waals surface area (Å²) in [5.74, 6) is 1.52. The monoisotopic (exact) mass is 669 g/mol. The third-order valence-electron chi connectivity index (χ3n) is 8.52. The Bertz CT molecular complexity index is 1710. The molecule has 0 spiro atoms. The third-order valence-corrected chi connectivity index (χ3v) is 9.89. The van der Waals surface area contributed by atoms with Gasteiger partial charge in [0.2, 0.25) is 0 Å². The van der Waals surface area contributed by atoms with Crippen LogP contribution in [0, 0.1) is 5.92 Å². The maximum absolute atomic E-state index is 6.96. The van der Waals surface area contributed by atoms with Crippen molar-refractivity contribution in [3.8, 4) is 16.4 Å². The van der Waals surface area contributed by atoms with Crippen molar-refractivity contribution in [1.29, 1.82) is 0 Å². The Labute approximate surface area is 285 Å². The quantitative estimate of drug-likeness (QED) is 0.110. The maximum atomic E-state index is 6.96. The largest absolute Gasteiger partial charge is 0.489 e. The summed E-state index contributed by atoms with van der Waals surface area (Å²) in [6.45, 7) is 9.42. The van der Waals surface area contributed by atoms with Crippen molar-refractivity contribution in [2.45, 2.75) is 64.3 Å². The molecule has 0 saturated carbocycles. The van der Waals surface area contributed by atoms with Crippen LogP contribution >= 0.6 is 22.9 Å². The van der Waals surface area contributed by atoms with Gasteiger partial charge in [0, 0.05) is 29.1 Å². The summed E-state index contributed by atoms with van der Waals surface area (Å²) in [5, 5.41) is 1.52. The van der Waals surface area contributed by atoms with Crippen LogP contribution in [0.2, 0.25) is 5.02 Å². The summed E-state index contributed by atoms with van der Waals surface area (Å²) in [6.07, 6.45) is 5.40. The first-order valence-electron chi connectivity index (χ1n) is 16.0. The van der Waals surface area contributed by atoms with Crippen molar-refractivity contribution in [1.82, 2.24) is 4.98 Å². The fourth-order valence-electron chi connectivity index (χ4n) is 6.09. The Kier molecular flexibility index (Phi) is 11.2. The second kappa shape index (κ2) is 15.9. The third kappa shape index (κ3) is 8.06. The minimum atomic E-state index is -0.480. The van der Waals surface area contributed by atoms with Gasteiger partial charge in [-0.2, -0.15) is 0 Å². The molecule has 0 aliphatic carbocycles. The second-order valence-electron chi connectivity index (χ2n) is 11.7. The van der Waals surface area contributed by atoms with Crippen LogP contribution in [0.1, 0.15) is 53.6 Å². The highest BCUT2D eigenvalue weighted by Gasteiger charge is 2.46. The van der Waals surface area contributed by atoms with E-state index in [1.165, 1.54) is 0 Å². The van der Waals surface area contributed by atoms with E-state index < -0.39 is 12.2 Å². The van der Waals surface area contributed by atoms with Crippen molar-refractivity contribution in [2.75, 3.05) is 6.61 Å². The SMILES string of the molecule is C=CCOc1cc(Cl)c(Cc2ncc(-c3ccco3)s2)cc1[C@@H]1O[C@H](CC)[C@@H](C)[C@H](OCc2ccccc2)[C@H]1OCc1ccccc1. The van der Waals surface area contributed by atoms with Gasteiger partial charge in [-0.15, -0.1) is 11.3 Å². The van der Waals surface area contributed by atoms with Gasteiger partial charge in [-0.3, -0.25) is 0 Å². The Morgan fingerprint density at radius 1 is 0.936 bits per heavy atom. The molecule has 0 bridgehead atoms. The number of aromatic nitrogens is 1. The molecule has 0 amide bonds. The Hall–Kier alpha value is -3.72. The number of ether oxygens (including phenoxy) is 4. The molecule has 3 aromatic carbocycles. The van der Waals surface area contributed by atoms with Crippen molar-refractivity contribution in [2.24, 2.45) is 5.92 Å². The van der Waals surface area contributed by atoms with Gasteiger partial charge < -0.3 is 23.4 Å². The molecular weight excluding hydrogens is 630 g/mol. The zero-order valence-corrected chi connectivity index (χ0v) is 28.3. The second-order valence-corrected chi connectivity index (χ2v) is 13.3. The van der Waals surface area contributed by atoms with E-state index in [0.717, 1.165) is 44.3 Å². The fraction of sp³-hybridized carbons (Fsp3) is 0.308. The minimum absolute atomic E-state index is 0.0569. The first-order valence-corrected chi connectivity index (χ1v) is 17.2. The first-order chi connectivity index (χ1) is 23.0. The molecule has 6 rings (SSSR count). The van der Waals surface area contributed by atoms with E-state index in [1.807, 2.05) is 60.8 Å². The molecule has 0 radical (unpaired) electrons. The maximum Gasteiger partial charge on any atom is 0.145 e. The highest BCUT2D eigenvalue weighted by Crippen LogP contribution is 2.45. The van der Waals surface area contributed by atoms with Crippen LogP contribution in [-0.2, 0) is 33.8 Å². The summed E-state index contributed by atoms with van der Waals surface area (Å²) in [5.41, 5.74) is 3.98. The molecule has 3 heterocycles. The highest BCUT2D eigenvalue weighted by molar-refractivity contribution is 7.15. The predicted molar refractivity (Wildman–Crippen MR) is 187 cm³/mol. The van der Waals surface area contributed by atoms with Gasteiger partial charge in [-0.25, -0.2) is 4.98 Å². The zero-order chi connectivity index (χ0) is 32.6. The van der Waals surface area contributed by atoms with Crippen molar-refractivity contribution in [3.63, 3.8) is 0 Å². The van der Waals surface area contributed by atoms with E-state index in [4.69, 9.17) is 35.0 Å². The molecule has 8 heteroatoms. The van der Waals surface area contributed by atoms with Gasteiger partial charge in [-0.05, 0) is 47.4 Å². The highest BCUT2D eigenvalue weighted by atomic mass is 35.5. The van der Waals surface area contributed by atoms with Gasteiger partial charge in [0.25, 0.3) is 0 Å². The Morgan fingerprint density at radius 2 is 1.64 bits per heavy atom. The van der Waals surface area contributed by atoms with Crippen LogP contribution in [0.3, 0.4) is 0 Å². The van der Waals surface area contributed by atoms with E-state index in [2.05, 4.69) is 55.7 Å². The molecule has 1 aliphatic rings. The number of nitrogens with zero attached hydrogens (tertiary/aromatic N) is 1. The molecule has 0 N–H and O–H groups in total. The number of hydrogen-bond donors (Lipinski definition) is 0. The standard InChI is InChI=1S/C39H40ClNO5S/c1-4-18-42-34-22-31(40)29(21-36-41-23-35(47-36)33-17-12-19-43-33)20-30(34)38-39(45-25-28-15-10-7-11-16-28)37(26(3)32(5-2)46-38)44-24-27-13-8-6-9-14-27/h4,6-17,19-20,22-23,26,32,37-39H,1,5,18,21,24-25H2,2-3H3/t26-,32-,37+,38+,39-/m1/s1. The average molecular weight is 670 g/mol. The van der Waals surface area contributed by atoms with E-state index in [0.29, 0.717) is 37.0 Å². The fourth-order valence-corrected chi connectivity index (χ4v) is 7.22.